The van der Waals surface area contributed by atoms with Gasteiger partial charge in [0.05, 0.1) is 28.6 Å². The van der Waals surface area contributed by atoms with Gasteiger partial charge in [-0.05, 0) is 36.8 Å². The highest BCUT2D eigenvalue weighted by Crippen LogP contribution is 2.25. The third-order valence-corrected chi connectivity index (χ3v) is 6.40. The minimum Gasteiger partial charge on any atom is -0.345 e. The molecule has 0 bridgehead atoms. The fourth-order valence-electron chi connectivity index (χ4n) is 3.52. The van der Waals surface area contributed by atoms with E-state index in [1.165, 1.54) is 17.8 Å². The van der Waals surface area contributed by atoms with E-state index in [1.807, 2.05) is 37.3 Å². The summed E-state index contributed by atoms with van der Waals surface area (Å²) in [4.78, 5) is 25.6. The highest BCUT2D eigenvalue weighted by atomic mass is 32.2. The zero-order valence-electron chi connectivity index (χ0n) is 19.2. The highest BCUT2D eigenvalue weighted by molar-refractivity contribution is 7.99. The van der Waals surface area contributed by atoms with Crippen LogP contribution in [0.3, 0.4) is 0 Å². The molecule has 0 saturated carbocycles. The molecule has 0 radical (unpaired) electrons. The number of nitrogens with zero attached hydrogens (tertiary/aromatic N) is 3. The van der Waals surface area contributed by atoms with Crippen LogP contribution in [0.2, 0.25) is 0 Å². The lowest BCUT2D eigenvalue weighted by Gasteiger charge is -2.16. The molecule has 3 aromatic carbocycles. The Morgan fingerprint density at radius 3 is 2.43 bits per heavy atom. The summed E-state index contributed by atoms with van der Waals surface area (Å²) in [5.41, 5.74) is 2.11. The van der Waals surface area contributed by atoms with Crippen molar-refractivity contribution in [3.8, 4) is 11.4 Å². The van der Waals surface area contributed by atoms with Gasteiger partial charge in [-0.2, -0.15) is 0 Å². The minimum absolute atomic E-state index is 0.0413. The van der Waals surface area contributed by atoms with E-state index in [2.05, 4.69) is 20.8 Å². The van der Waals surface area contributed by atoms with Crippen LogP contribution in [0.25, 0.3) is 11.4 Å². The number of thioether (sulfide) groups is 1. The standard InChI is InChI=1S/C26H24FN5O2S/c1-17(18-10-4-3-5-11-18)28-25(34)20-13-7-9-15-22(20)29-23(33)16-35-26-31-30-24(32(26)2)19-12-6-8-14-21(19)27/h3-15,17H,16H2,1-2H3,(H,28,34)(H,29,33)/t17-/m0/s1. The fraction of sp³-hybridized carbons (Fsp3) is 0.154. The molecule has 1 aromatic heterocycles. The summed E-state index contributed by atoms with van der Waals surface area (Å²) >= 11 is 1.17. The summed E-state index contributed by atoms with van der Waals surface area (Å²) in [6, 6.07) is 22.6. The molecule has 0 unspecified atom stereocenters. The second-order valence-corrected chi connectivity index (χ2v) is 8.78. The highest BCUT2D eigenvalue weighted by Gasteiger charge is 2.18. The molecule has 7 nitrogen and oxygen atoms in total. The zero-order valence-corrected chi connectivity index (χ0v) is 20.1. The van der Waals surface area contributed by atoms with E-state index in [9.17, 15) is 14.0 Å². The number of hydrogen-bond donors (Lipinski definition) is 2. The molecule has 35 heavy (non-hydrogen) atoms. The smallest absolute Gasteiger partial charge is 0.253 e. The number of para-hydroxylation sites is 1. The number of aromatic nitrogens is 3. The molecule has 1 heterocycles. The van der Waals surface area contributed by atoms with Crippen molar-refractivity contribution >= 4 is 29.3 Å². The van der Waals surface area contributed by atoms with E-state index in [-0.39, 0.29) is 23.6 Å². The van der Waals surface area contributed by atoms with Crippen molar-refractivity contribution in [1.82, 2.24) is 20.1 Å². The molecule has 0 fully saturated rings. The maximum atomic E-state index is 14.1. The number of halogens is 1. The van der Waals surface area contributed by atoms with Crippen LogP contribution in [0.5, 0.6) is 0 Å². The fourth-order valence-corrected chi connectivity index (χ4v) is 4.23. The van der Waals surface area contributed by atoms with E-state index in [4.69, 9.17) is 0 Å². The molecule has 0 aliphatic rings. The molecule has 0 spiro atoms. The molecule has 1 atom stereocenters. The summed E-state index contributed by atoms with van der Waals surface area (Å²) < 4.78 is 15.8. The van der Waals surface area contributed by atoms with E-state index < -0.39 is 5.82 Å². The first kappa shape index (κ1) is 24.2. The third-order valence-electron chi connectivity index (χ3n) is 5.37. The summed E-state index contributed by atoms with van der Waals surface area (Å²) in [6.45, 7) is 1.90. The van der Waals surface area contributed by atoms with Crippen molar-refractivity contribution < 1.29 is 14.0 Å². The number of anilines is 1. The molecule has 0 saturated heterocycles. The van der Waals surface area contributed by atoms with Crippen molar-refractivity contribution in [3.05, 3.63) is 95.8 Å². The molecule has 4 rings (SSSR count). The van der Waals surface area contributed by atoms with Gasteiger partial charge in [0.1, 0.15) is 5.82 Å². The first-order valence-corrected chi connectivity index (χ1v) is 11.9. The number of hydrogen-bond acceptors (Lipinski definition) is 5. The Bertz CT molecular complexity index is 1340. The lowest BCUT2D eigenvalue weighted by Crippen LogP contribution is -2.28. The number of carbonyl (C=O) groups is 2. The van der Waals surface area contributed by atoms with Crippen LogP contribution >= 0.6 is 11.8 Å². The Morgan fingerprint density at radius 1 is 0.971 bits per heavy atom. The molecular weight excluding hydrogens is 465 g/mol. The van der Waals surface area contributed by atoms with Crippen LogP contribution in [-0.2, 0) is 11.8 Å². The second kappa shape index (κ2) is 11.0. The molecule has 0 aliphatic carbocycles. The van der Waals surface area contributed by atoms with Gasteiger partial charge >= 0.3 is 0 Å². The van der Waals surface area contributed by atoms with Crippen molar-refractivity contribution in [2.45, 2.75) is 18.1 Å². The van der Waals surface area contributed by atoms with Gasteiger partial charge < -0.3 is 15.2 Å². The van der Waals surface area contributed by atoms with Crippen LogP contribution in [-0.4, -0.2) is 32.3 Å². The van der Waals surface area contributed by atoms with Gasteiger partial charge in [-0.15, -0.1) is 10.2 Å². The average molecular weight is 490 g/mol. The Hall–Kier alpha value is -3.98. The van der Waals surface area contributed by atoms with E-state index in [0.717, 1.165) is 5.56 Å². The van der Waals surface area contributed by atoms with E-state index >= 15 is 0 Å². The van der Waals surface area contributed by atoms with Gasteiger partial charge in [0.25, 0.3) is 5.91 Å². The number of nitrogens with one attached hydrogen (secondary N) is 2. The summed E-state index contributed by atoms with van der Waals surface area (Å²) in [6.07, 6.45) is 0. The van der Waals surface area contributed by atoms with Gasteiger partial charge in [0.2, 0.25) is 5.91 Å². The number of benzene rings is 3. The SMILES string of the molecule is C[C@H](NC(=O)c1ccccc1NC(=O)CSc1nnc(-c2ccccc2F)n1C)c1ccccc1. The Morgan fingerprint density at radius 2 is 1.66 bits per heavy atom. The number of amides is 2. The number of rotatable bonds is 8. The first-order valence-electron chi connectivity index (χ1n) is 11.0. The van der Waals surface area contributed by atoms with E-state index in [1.54, 1.807) is 54.1 Å². The molecule has 4 aromatic rings. The second-order valence-electron chi connectivity index (χ2n) is 7.83. The maximum Gasteiger partial charge on any atom is 0.253 e. The monoisotopic (exact) mass is 489 g/mol. The van der Waals surface area contributed by atoms with Crippen molar-refractivity contribution in [2.75, 3.05) is 11.1 Å². The topological polar surface area (TPSA) is 88.9 Å². The van der Waals surface area contributed by atoms with Crippen molar-refractivity contribution in [2.24, 2.45) is 7.05 Å². The molecule has 2 N–H and O–H groups in total. The van der Waals surface area contributed by atoms with Crippen LogP contribution in [0.15, 0.2) is 84.0 Å². The Kier molecular flexibility index (Phi) is 7.57. The Labute approximate surface area is 206 Å². The summed E-state index contributed by atoms with van der Waals surface area (Å²) in [5.74, 6) is -0.566. The zero-order chi connectivity index (χ0) is 24.8. The Balaban J connectivity index is 1.40. The van der Waals surface area contributed by atoms with Crippen LogP contribution in [0.4, 0.5) is 10.1 Å². The molecule has 2 amide bonds. The molecule has 9 heteroatoms. The first-order chi connectivity index (χ1) is 16.9. The minimum atomic E-state index is -0.395. The molecule has 178 valence electrons. The van der Waals surface area contributed by atoms with Crippen LogP contribution < -0.4 is 10.6 Å². The normalized spacial score (nSPS) is 11.6. The quantitative estimate of drug-likeness (QED) is 0.346. The predicted molar refractivity (Wildman–Crippen MR) is 135 cm³/mol. The summed E-state index contributed by atoms with van der Waals surface area (Å²) in [5, 5.41) is 14.4. The largest absolute Gasteiger partial charge is 0.345 e. The molecule has 0 aliphatic heterocycles. The summed E-state index contributed by atoms with van der Waals surface area (Å²) in [7, 11) is 1.72. The van der Waals surface area contributed by atoms with Gasteiger partial charge in [-0.1, -0.05) is 66.4 Å². The van der Waals surface area contributed by atoms with Gasteiger partial charge in [0.15, 0.2) is 11.0 Å². The predicted octanol–water partition coefficient (Wildman–Crippen LogP) is 4.84. The van der Waals surface area contributed by atoms with Crippen molar-refractivity contribution in [3.63, 3.8) is 0 Å². The lowest BCUT2D eigenvalue weighted by atomic mass is 10.1. The van der Waals surface area contributed by atoms with Crippen LogP contribution in [0, 0.1) is 5.82 Å². The lowest BCUT2D eigenvalue weighted by molar-refractivity contribution is -0.113. The third kappa shape index (κ3) is 5.75. The van der Waals surface area contributed by atoms with Gasteiger partial charge in [-0.25, -0.2) is 4.39 Å². The van der Waals surface area contributed by atoms with Gasteiger partial charge in [-0.3, -0.25) is 9.59 Å². The molecular formula is C26H24FN5O2S. The van der Waals surface area contributed by atoms with Gasteiger partial charge in [0, 0.05) is 7.05 Å². The number of carbonyl (C=O) groups excluding carboxylic acids is 2. The maximum absolute atomic E-state index is 14.1. The average Bonchev–Trinajstić information content (AvgIpc) is 3.23. The van der Waals surface area contributed by atoms with Crippen LogP contribution in [0.1, 0.15) is 28.9 Å². The van der Waals surface area contributed by atoms with Crippen molar-refractivity contribution in [1.29, 1.82) is 0 Å². The van der Waals surface area contributed by atoms with E-state index in [0.29, 0.717) is 27.8 Å².